The molecule has 1 unspecified atom stereocenters. The van der Waals surface area contributed by atoms with E-state index in [2.05, 4.69) is 6.07 Å². The fraction of sp³-hybridized carbons (Fsp3) is 0.250. The molecular weight excluding hydrogens is 471 g/mol. The van der Waals surface area contributed by atoms with Crippen LogP contribution in [0.15, 0.2) is 66.7 Å². The second-order valence-corrected chi connectivity index (χ2v) is 8.66. The van der Waals surface area contributed by atoms with E-state index in [0.717, 1.165) is 29.7 Å². The molecule has 9 heteroatoms. The van der Waals surface area contributed by atoms with E-state index < -0.39 is 13.1 Å². The highest BCUT2D eigenvalue weighted by atomic mass is 16.6. The van der Waals surface area contributed by atoms with Gasteiger partial charge < -0.3 is 18.8 Å². The van der Waals surface area contributed by atoms with Gasteiger partial charge in [0.15, 0.2) is 0 Å². The van der Waals surface area contributed by atoms with Crippen LogP contribution in [-0.4, -0.2) is 44.6 Å². The van der Waals surface area contributed by atoms with Crippen LogP contribution in [0, 0.1) is 11.3 Å². The quantitative estimate of drug-likeness (QED) is 0.291. The molecule has 3 aromatic carbocycles. The van der Waals surface area contributed by atoms with Crippen molar-refractivity contribution < 1.29 is 28.4 Å². The first-order valence-corrected chi connectivity index (χ1v) is 12.0. The van der Waals surface area contributed by atoms with Crippen molar-refractivity contribution in [2.75, 3.05) is 20.1 Å². The highest BCUT2D eigenvalue weighted by Gasteiger charge is 2.30. The minimum Gasteiger partial charge on any atom is -0.498 e. The van der Waals surface area contributed by atoms with Crippen LogP contribution in [0.2, 0.25) is 0 Å². The number of nitriles is 1. The monoisotopic (exact) mass is 498 g/mol. The van der Waals surface area contributed by atoms with Crippen molar-refractivity contribution in [1.29, 1.82) is 5.26 Å². The minimum atomic E-state index is -1.13. The van der Waals surface area contributed by atoms with Gasteiger partial charge in [-0.15, -0.1) is 0 Å². The lowest BCUT2D eigenvalue weighted by Gasteiger charge is -2.18. The van der Waals surface area contributed by atoms with Crippen LogP contribution in [0.25, 0.3) is 0 Å². The molecule has 0 saturated heterocycles. The first-order chi connectivity index (χ1) is 18.0. The number of likely N-dealkylation sites (N-methyl/N-ethyl adjacent to an activating group) is 1. The molecule has 0 radical (unpaired) electrons. The Kier molecular flexibility index (Phi) is 8.44. The molecule has 4 rings (SSSR count). The third kappa shape index (κ3) is 6.48. The standard InChI is InChI=1S/C28H27BN2O6/c1-3-31(2)18-28(33)37-29(34-19-32)21-9-13-23(14-10-21)36-27-16-15-25-24(27)5-4-6-26(25)35-22-11-7-20(17-30)8-12-22/h4-14,19,27H,3,15-16,18H2,1-2H3. The summed E-state index contributed by atoms with van der Waals surface area (Å²) in [6, 6.07) is 22.0. The van der Waals surface area contributed by atoms with E-state index in [1.807, 2.05) is 25.1 Å². The number of fused-ring (bicyclic) bond motifs is 1. The Balaban J connectivity index is 1.43. The molecule has 37 heavy (non-hydrogen) atoms. The molecule has 8 nitrogen and oxygen atoms in total. The average Bonchev–Trinajstić information content (AvgIpc) is 3.33. The SMILES string of the molecule is CCN(C)CC(=O)OB(OC=O)c1ccc(OC2CCc3c(Oc4ccc(C#N)cc4)cccc32)cc1. The van der Waals surface area contributed by atoms with Crippen LogP contribution < -0.4 is 14.9 Å². The molecule has 0 spiro atoms. The zero-order valence-corrected chi connectivity index (χ0v) is 20.8. The van der Waals surface area contributed by atoms with Gasteiger partial charge in [-0.05, 0) is 74.5 Å². The largest absolute Gasteiger partial charge is 0.636 e. The van der Waals surface area contributed by atoms with Crippen LogP contribution in [0.3, 0.4) is 0 Å². The van der Waals surface area contributed by atoms with Crippen LogP contribution >= 0.6 is 0 Å². The summed E-state index contributed by atoms with van der Waals surface area (Å²) >= 11 is 0. The van der Waals surface area contributed by atoms with Crippen molar-refractivity contribution >= 4 is 25.0 Å². The van der Waals surface area contributed by atoms with Crippen LogP contribution in [0.5, 0.6) is 17.2 Å². The van der Waals surface area contributed by atoms with E-state index in [1.54, 1.807) is 60.5 Å². The summed E-state index contributed by atoms with van der Waals surface area (Å²) in [4.78, 5) is 24.9. The predicted octanol–water partition coefficient (Wildman–Crippen LogP) is 3.78. The summed E-state index contributed by atoms with van der Waals surface area (Å²) in [6.45, 7) is 2.97. The van der Waals surface area contributed by atoms with Crippen molar-refractivity contribution in [2.45, 2.75) is 25.9 Å². The number of hydrogen-bond donors (Lipinski definition) is 0. The van der Waals surface area contributed by atoms with E-state index in [1.165, 1.54) is 0 Å². The molecule has 1 atom stereocenters. The van der Waals surface area contributed by atoms with E-state index in [4.69, 9.17) is 24.0 Å². The summed E-state index contributed by atoms with van der Waals surface area (Å²) in [5, 5.41) is 8.99. The van der Waals surface area contributed by atoms with Crippen molar-refractivity contribution in [1.82, 2.24) is 4.90 Å². The molecule has 0 heterocycles. The summed E-state index contributed by atoms with van der Waals surface area (Å²) in [6.07, 6.45) is 1.46. The third-order valence-corrected chi connectivity index (χ3v) is 6.17. The molecule has 0 fully saturated rings. The first-order valence-electron chi connectivity index (χ1n) is 12.0. The Morgan fingerprint density at radius 1 is 1.11 bits per heavy atom. The molecule has 1 aliphatic carbocycles. The molecule has 188 valence electrons. The Hall–Kier alpha value is -4.29. The van der Waals surface area contributed by atoms with E-state index in [-0.39, 0.29) is 19.1 Å². The van der Waals surface area contributed by atoms with Crippen molar-refractivity contribution in [3.8, 4) is 23.3 Å². The van der Waals surface area contributed by atoms with Gasteiger partial charge >= 0.3 is 13.1 Å². The smallest absolute Gasteiger partial charge is 0.498 e. The zero-order valence-electron chi connectivity index (χ0n) is 20.8. The molecular formula is C28H27BN2O6. The summed E-state index contributed by atoms with van der Waals surface area (Å²) in [5.41, 5.74) is 3.26. The van der Waals surface area contributed by atoms with Gasteiger partial charge in [0.25, 0.3) is 6.47 Å². The number of hydrogen-bond acceptors (Lipinski definition) is 8. The second-order valence-electron chi connectivity index (χ2n) is 8.66. The maximum absolute atomic E-state index is 12.1. The van der Waals surface area contributed by atoms with Gasteiger partial charge in [0.1, 0.15) is 23.4 Å². The summed E-state index contributed by atoms with van der Waals surface area (Å²) in [7, 11) is 0.671. The number of ether oxygens (including phenoxy) is 2. The summed E-state index contributed by atoms with van der Waals surface area (Å²) in [5.74, 6) is 1.59. The van der Waals surface area contributed by atoms with Gasteiger partial charge in [-0.1, -0.05) is 31.2 Å². The third-order valence-electron chi connectivity index (χ3n) is 6.17. The molecule has 0 aromatic heterocycles. The van der Waals surface area contributed by atoms with Crippen LogP contribution in [0.4, 0.5) is 0 Å². The fourth-order valence-electron chi connectivity index (χ4n) is 4.11. The van der Waals surface area contributed by atoms with Crippen molar-refractivity contribution in [2.24, 2.45) is 0 Å². The Morgan fingerprint density at radius 3 is 2.51 bits per heavy atom. The van der Waals surface area contributed by atoms with E-state index >= 15 is 0 Å². The number of benzene rings is 3. The minimum absolute atomic E-state index is 0.0916. The molecule has 0 N–H and O–H groups in total. The molecule has 0 saturated carbocycles. The van der Waals surface area contributed by atoms with E-state index in [0.29, 0.717) is 29.1 Å². The lowest BCUT2D eigenvalue weighted by atomic mass is 9.79. The van der Waals surface area contributed by atoms with Crippen LogP contribution in [-0.2, 0) is 25.3 Å². The fourth-order valence-corrected chi connectivity index (χ4v) is 4.11. The first kappa shape index (κ1) is 25.8. The van der Waals surface area contributed by atoms with Crippen molar-refractivity contribution in [3.05, 3.63) is 83.4 Å². The maximum Gasteiger partial charge on any atom is 0.636 e. The lowest BCUT2D eigenvalue weighted by Crippen LogP contribution is -2.41. The van der Waals surface area contributed by atoms with Crippen LogP contribution in [0.1, 0.15) is 36.1 Å². The topological polar surface area (TPSA) is 98.1 Å². The average molecular weight is 498 g/mol. The molecule has 3 aromatic rings. The predicted molar refractivity (Wildman–Crippen MR) is 138 cm³/mol. The van der Waals surface area contributed by atoms with E-state index in [9.17, 15) is 9.59 Å². The van der Waals surface area contributed by atoms with Gasteiger partial charge in [0.2, 0.25) is 0 Å². The molecule has 0 aliphatic heterocycles. The summed E-state index contributed by atoms with van der Waals surface area (Å²) < 4.78 is 22.7. The maximum atomic E-state index is 12.1. The van der Waals surface area contributed by atoms with Gasteiger partial charge in [0.05, 0.1) is 18.2 Å². The number of nitrogens with zero attached hydrogens (tertiary/aromatic N) is 2. The molecule has 1 aliphatic rings. The Morgan fingerprint density at radius 2 is 1.84 bits per heavy atom. The lowest BCUT2D eigenvalue weighted by molar-refractivity contribution is -0.137. The van der Waals surface area contributed by atoms with Gasteiger partial charge in [-0.25, -0.2) is 0 Å². The molecule has 0 amide bonds. The van der Waals surface area contributed by atoms with Gasteiger partial charge in [0, 0.05) is 11.0 Å². The normalized spacial score (nSPS) is 13.8. The number of carbonyl (C=O) groups excluding carboxylic acids is 2. The Bertz CT molecular complexity index is 1270. The molecule has 0 bridgehead atoms. The van der Waals surface area contributed by atoms with Gasteiger partial charge in [-0.2, -0.15) is 5.26 Å². The highest BCUT2D eigenvalue weighted by Crippen LogP contribution is 2.40. The second kappa shape index (κ2) is 12.1. The highest BCUT2D eigenvalue weighted by molar-refractivity contribution is 6.63. The van der Waals surface area contributed by atoms with Crippen molar-refractivity contribution in [3.63, 3.8) is 0 Å². The number of carbonyl (C=O) groups is 2. The van der Waals surface area contributed by atoms with Gasteiger partial charge in [-0.3, -0.25) is 14.5 Å². The Labute approximate surface area is 216 Å². The zero-order chi connectivity index (χ0) is 26.2. The number of rotatable bonds is 11.